The number of nitrogens with one attached hydrogen (secondary N) is 1. The molecule has 2 aromatic heterocycles. The Hall–Kier alpha value is -3.15. The Bertz CT molecular complexity index is 782. The third-order valence-corrected chi connectivity index (χ3v) is 3.37. The first-order valence-electron chi connectivity index (χ1n) is 7.13. The standard InChI is InChI=1S/C17H16N4O2/c1-23-16-8-7-13(9-19-16)10-20-17(22)15-11-18-12-21(15)14-5-3-2-4-6-14/h2-9,11-12H,10H2,1H3,(H,20,22). The molecule has 0 radical (unpaired) electrons. The first-order valence-corrected chi connectivity index (χ1v) is 7.13. The second kappa shape index (κ2) is 6.74. The van der Waals surface area contributed by atoms with Gasteiger partial charge in [-0.2, -0.15) is 0 Å². The van der Waals surface area contributed by atoms with E-state index in [4.69, 9.17) is 4.74 Å². The number of hydrogen-bond acceptors (Lipinski definition) is 4. The molecule has 0 unspecified atom stereocenters. The van der Waals surface area contributed by atoms with E-state index in [0.717, 1.165) is 11.3 Å². The van der Waals surface area contributed by atoms with E-state index in [0.29, 0.717) is 18.1 Å². The molecule has 0 atom stereocenters. The van der Waals surface area contributed by atoms with E-state index in [2.05, 4.69) is 15.3 Å². The molecule has 6 heteroatoms. The zero-order valence-corrected chi connectivity index (χ0v) is 12.6. The number of methoxy groups -OCH3 is 1. The maximum absolute atomic E-state index is 12.4. The zero-order valence-electron chi connectivity index (χ0n) is 12.6. The molecule has 3 aromatic rings. The molecule has 0 aliphatic rings. The number of rotatable bonds is 5. The van der Waals surface area contributed by atoms with Gasteiger partial charge in [0, 0.05) is 24.5 Å². The van der Waals surface area contributed by atoms with Crippen LogP contribution in [0.2, 0.25) is 0 Å². The van der Waals surface area contributed by atoms with Gasteiger partial charge in [-0.3, -0.25) is 9.36 Å². The first-order chi connectivity index (χ1) is 11.3. The second-order valence-electron chi connectivity index (χ2n) is 4.88. The first kappa shape index (κ1) is 14.8. The van der Waals surface area contributed by atoms with Crippen molar-refractivity contribution in [3.8, 4) is 11.6 Å². The summed E-state index contributed by atoms with van der Waals surface area (Å²) in [6.45, 7) is 0.385. The van der Waals surface area contributed by atoms with Gasteiger partial charge < -0.3 is 10.1 Å². The molecule has 0 saturated carbocycles. The van der Waals surface area contributed by atoms with Crippen molar-refractivity contribution in [3.63, 3.8) is 0 Å². The van der Waals surface area contributed by atoms with Crippen LogP contribution in [0.4, 0.5) is 0 Å². The van der Waals surface area contributed by atoms with Crippen molar-refractivity contribution in [3.05, 3.63) is 72.4 Å². The van der Waals surface area contributed by atoms with Gasteiger partial charge in [0.25, 0.3) is 5.91 Å². The lowest BCUT2D eigenvalue weighted by Gasteiger charge is -2.09. The van der Waals surface area contributed by atoms with Crippen LogP contribution in [0.25, 0.3) is 5.69 Å². The fraction of sp³-hybridized carbons (Fsp3) is 0.118. The molecule has 0 saturated heterocycles. The predicted molar refractivity (Wildman–Crippen MR) is 85.5 cm³/mol. The number of benzene rings is 1. The Kier molecular flexibility index (Phi) is 4.33. The molecule has 1 aromatic carbocycles. The van der Waals surface area contributed by atoms with Crippen LogP contribution in [0.5, 0.6) is 5.88 Å². The van der Waals surface area contributed by atoms with Gasteiger partial charge in [-0.1, -0.05) is 24.3 Å². The highest BCUT2D eigenvalue weighted by molar-refractivity contribution is 5.92. The Morgan fingerprint density at radius 3 is 2.70 bits per heavy atom. The van der Waals surface area contributed by atoms with Gasteiger partial charge in [0.15, 0.2) is 0 Å². The topological polar surface area (TPSA) is 69.0 Å². The average Bonchev–Trinajstić information content (AvgIpc) is 3.11. The summed E-state index contributed by atoms with van der Waals surface area (Å²) in [4.78, 5) is 20.6. The van der Waals surface area contributed by atoms with Gasteiger partial charge in [-0.05, 0) is 17.7 Å². The number of carbonyl (C=O) groups excluding carboxylic acids is 1. The molecule has 0 aliphatic carbocycles. The molecule has 1 N–H and O–H groups in total. The molecule has 0 bridgehead atoms. The van der Waals surface area contributed by atoms with Crippen LogP contribution in [0.1, 0.15) is 16.1 Å². The van der Waals surface area contributed by atoms with Crippen molar-refractivity contribution in [1.82, 2.24) is 19.9 Å². The number of aromatic nitrogens is 3. The number of imidazole rings is 1. The minimum Gasteiger partial charge on any atom is -0.481 e. The van der Waals surface area contributed by atoms with Crippen LogP contribution < -0.4 is 10.1 Å². The molecule has 2 heterocycles. The molecule has 3 rings (SSSR count). The van der Waals surface area contributed by atoms with E-state index >= 15 is 0 Å². The molecule has 6 nitrogen and oxygen atoms in total. The minimum absolute atomic E-state index is 0.192. The van der Waals surface area contributed by atoms with Gasteiger partial charge in [0.1, 0.15) is 5.69 Å². The van der Waals surface area contributed by atoms with Crippen LogP contribution in [0, 0.1) is 0 Å². The van der Waals surface area contributed by atoms with E-state index < -0.39 is 0 Å². The number of pyridine rings is 1. The number of nitrogens with zero attached hydrogens (tertiary/aromatic N) is 3. The molecule has 1 amide bonds. The van der Waals surface area contributed by atoms with E-state index in [9.17, 15) is 4.79 Å². The van der Waals surface area contributed by atoms with E-state index in [-0.39, 0.29) is 5.91 Å². The summed E-state index contributed by atoms with van der Waals surface area (Å²) in [5, 5.41) is 2.87. The zero-order chi connectivity index (χ0) is 16.1. The molecular weight excluding hydrogens is 292 g/mol. The number of carbonyl (C=O) groups is 1. The van der Waals surface area contributed by atoms with Gasteiger partial charge in [-0.15, -0.1) is 0 Å². The van der Waals surface area contributed by atoms with Gasteiger partial charge >= 0.3 is 0 Å². The van der Waals surface area contributed by atoms with Crippen molar-refractivity contribution >= 4 is 5.91 Å². The maximum atomic E-state index is 12.4. The highest BCUT2D eigenvalue weighted by atomic mass is 16.5. The average molecular weight is 308 g/mol. The number of amides is 1. The molecule has 0 spiro atoms. The van der Waals surface area contributed by atoms with Crippen molar-refractivity contribution in [2.45, 2.75) is 6.54 Å². The summed E-state index contributed by atoms with van der Waals surface area (Å²) in [6, 6.07) is 13.2. The second-order valence-corrected chi connectivity index (χ2v) is 4.88. The third kappa shape index (κ3) is 3.37. The molecular formula is C17H16N4O2. The lowest BCUT2D eigenvalue weighted by molar-refractivity contribution is 0.0944. The lowest BCUT2D eigenvalue weighted by Crippen LogP contribution is -2.25. The molecule has 0 aliphatic heterocycles. The van der Waals surface area contributed by atoms with Crippen molar-refractivity contribution in [1.29, 1.82) is 0 Å². The van der Waals surface area contributed by atoms with E-state index in [1.807, 2.05) is 36.4 Å². The van der Waals surface area contributed by atoms with Crippen LogP contribution in [0.3, 0.4) is 0 Å². The summed E-state index contributed by atoms with van der Waals surface area (Å²) in [6.07, 6.45) is 4.85. The Morgan fingerprint density at radius 1 is 1.17 bits per heavy atom. The van der Waals surface area contributed by atoms with Crippen molar-refractivity contribution in [2.75, 3.05) is 7.11 Å². The van der Waals surface area contributed by atoms with Gasteiger partial charge in [-0.25, -0.2) is 9.97 Å². The molecule has 23 heavy (non-hydrogen) atoms. The lowest BCUT2D eigenvalue weighted by atomic mass is 10.2. The van der Waals surface area contributed by atoms with Crippen molar-refractivity contribution < 1.29 is 9.53 Å². The number of ether oxygens (including phenoxy) is 1. The van der Waals surface area contributed by atoms with Crippen LogP contribution >= 0.6 is 0 Å². The van der Waals surface area contributed by atoms with Crippen LogP contribution in [-0.4, -0.2) is 27.6 Å². The Morgan fingerprint density at radius 2 is 2.00 bits per heavy atom. The van der Waals surface area contributed by atoms with E-state index in [1.54, 1.807) is 36.5 Å². The third-order valence-electron chi connectivity index (χ3n) is 3.37. The fourth-order valence-electron chi connectivity index (χ4n) is 2.17. The number of hydrogen-bond donors (Lipinski definition) is 1. The molecule has 0 fully saturated rings. The summed E-state index contributed by atoms with van der Waals surface area (Å²) in [5.41, 5.74) is 2.27. The summed E-state index contributed by atoms with van der Waals surface area (Å²) in [5.74, 6) is 0.351. The van der Waals surface area contributed by atoms with Crippen molar-refractivity contribution in [2.24, 2.45) is 0 Å². The van der Waals surface area contributed by atoms with Crippen LogP contribution in [-0.2, 0) is 6.54 Å². The predicted octanol–water partition coefficient (Wildman–Crippen LogP) is 2.21. The molecule has 116 valence electrons. The summed E-state index contributed by atoms with van der Waals surface area (Å²) in [7, 11) is 1.56. The summed E-state index contributed by atoms with van der Waals surface area (Å²) >= 11 is 0. The van der Waals surface area contributed by atoms with Crippen LogP contribution in [0.15, 0.2) is 61.2 Å². The normalized spacial score (nSPS) is 10.3. The highest BCUT2D eigenvalue weighted by Gasteiger charge is 2.12. The Balaban J connectivity index is 1.70. The SMILES string of the molecule is COc1ccc(CNC(=O)c2cncn2-c2ccccc2)cn1. The highest BCUT2D eigenvalue weighted by Crippen LogP contribution is 2.11. The smallest absolute Gasteiger partial charge is 0.270 e. The van der Waals surface area contributed by atoms with Gasteiger partial charge in [0.05, 0.1) is 19.6 Å². The quantitative estimate of drug-likeness (QED) is 0.784. The van der Waals surface area contributed by atoms with E-state index in [1.165, 1.54) is 0 Å². The Labute approximate surface area is 133 Å². The summed E-state index contributed by atoms with van der Waals surface area (Å²) < 4.78 is 6.76. The minimum atomic E-state index is -0.192. The fourth-order valence-corrected chi connectivity index (χ4v) is 2.17. The largest absolute Gasteiger partial charge is 0.481 e. The number of para-hydroxylation sites is 1. The van der Waals surface area contributed by atoms with Gasteiger partial charge in [0.2, 0.25) is 5.88 Å². The maximum Gasteiger partial charge on any atom is 0.270 e. The monoisotopic (exact) mass is 308 g/mol.